The molecule has 0 unspecified atom stereocenters. The normalized spacial score (nSPS) is 12.9. The number of fused-ring (bicyclic) bond motifs is 3. The van der Waals surface area contributed by atoms with Crippen molar-refractivity contribution in [3.05, 3.63) is 42.0 Å². The van der Waals surface area contributed by atoms with E-state index in [0.717, 1.165) is 29.2 Å². The molecule has 1 aromatic heterocycles. The summed E-state index contributed by atoms with van der Waals surface area (Å²) in [4.78, 5) is 4.30. The number of ether oxygens (including phenoxy) is 1. The lowest BCUT2D eigenvalue weighted by atomic mass is 10.2. The van der Waals surface area contributed by atoms with Crippen molar-refractivity contribution in [2.24, 2.45) is 0 Å². The number of imidazole rings is 1. The maximum absolute atomic E-state index is 5.68. The summed E-state index contributed by atoms with van der Waals surface area (Å²) in [6.07, 6.45) is 9.93. The first kappa shape index (κ1) is 9.05. The van der Waals surface area contributed by atoms with Gasteiger partial charge in [-0.3, -0.25) is 0 Å². The monoisotopic (exact) mass is 210 g/mol. The van der Waals surface area contributed by atoms with Crippen molar-refractivity contribution >= 4 is 0 Å². The van der Waals surface area contributed by atoms with Crippen LogP contribution in [-0.2, 0) is 6.42 Å². The number of aromatic nitrogens is 2. The van der Waals surface area contributed by atoms with Crippen LogP contribution in [-0.4, -0.2) is 16.2 Å². The zero-order valence-corrected chi connectivity index (χ0v) is 8.68. The van der Waals surface area contributed by atoms with Crippen LogP contribution in [0.4, 0.5) is 0 Å². The van der Waals surface area contributed by atoms with E-state index in [-0.39, 0.29) is 0 Å². The van der Waals surface area contributed by atoms with Crippen molar-refractivity contribution in [2.75, 3.05) is 6.61 Å². The first-order valence-electron chi connectivity index (χ1n) is 5.14. The molecule has 0 saturated carbocycles. The van der Waals surface area contributed by atoms with E-state index in [4.69, 9.17) is 11.2 Å². The number of terminal acetylenes is 1. The molecule has 0 spiro atoms. The van der Waals surface area contributed by atoms with Crippen LogP contribution in [0.3, 0.4) is 0 Å². The van der Waals surface area contributed by atoms with E-state index < -0.39 is 0 Å². The zero-order chi connectivity index (χ0) is 11.0. The fourth-order valence-corrected chi connectivity index (χ4v) is 1.91. The number of rotatable bonds is 0. The predicted octanol–water partition coefficient (Wildman–Crippen LogP) is 1.79. The van der Waals surface area contributed by atoms with Crippen molar-refractivity contribution in [2.45, 2.75) is 6.42 Å². The third kappa shape index (κ3) is 1.28. The Bertz CT molecular complexity index is 578. The summed E-state index contributed by atoms with van der Waals surface area (Å²) in [5.41, 5.74) is 1.84. The minimum atomic E-state index is 0.637. The van der Waals surface area contributed by atoms with Crippen molar-refractivity contribution < 1.29 is 4.74 Å². The average molecular weight is 210 g/mol. The van der Waals surface area contributed by atoms with Gasteiger partial charge in [0.2, 0.25) is 0 Å². The largest absolute Gasteiger partial charge is 0.491 e. The molecule has 0 amide bonds. The highest BCUT2D eigenvalue weighted by Gasteiger charge is 2.14. The molecule has 16 heavy (non-hydrogen) atoms. The third-order valence-electron chi connectivity index (χ3n) is 2.69. The van der Waals surface area contributed by atoms with Gasteiger partial charge in [0.05, 0.1) is 12.3 Å². The molecule has 3 rings (SSSR count). The first-order chi connectivity index (χ1) is 7.88. The van der Waals surface area contributed by atoms with Gasteiger partial charge in [0.1, 0.15) is 11.6 Å². The van der Waals surface area contributed by atoms with Gasteiger partial charge >= 0.3 is 0 Å². The van der Waals surface area contributed by atoms with Gasteiger partial charge in [0.25, 0.3) is 0 Å². The van der Waals surface area contributed by atoms with Crippen LogP contribution >= 0.6 is 0 Å². The molecule has 0 atom stereocenters. The summed E-state index contributed by atoms with van der Waals surface area (Å²) in [7, 11) is 0. The Morgan fingerprint density at radius 3 is 3.25 bits per heavy atom. The molecule has 1 aliphatic rings. The standard InChI is InChI=1S/C13H10N2O/c1-2-10-3-4-11-12(9-10)16-8-5-13-14-6-7-15(11)13/h1,3-4,6-7,9H,5,8H2. The Kier molecular flexibility index (Phi) is 1.94. The predicted molar refractivity (Wildman–Crippen MR) is 60.7 cm³/mol. The van der Waals surface area contributed by atoms with Crippen molar-refractivity contribution in [1.29, 1.82) is 0 Å². The topological polar surface area (TPSA) is 27.1 Å². The van der Waals surface area contributed by atoms with Gasteiger partial charge in [-0.25, -0.2) is 4.98 Å². The van der Waals surface area contributed by atoms with E-state index in [1.165, 1.54) is 0 Å². The van der Waals surface area contributed by atoms with E-state index in [0.29, 0.717) is 6.61 Å². The quantitative estimate of drug-likeness (QED) is 0.620. The molecular formula is C13H10N2O. The summed E-state index contributed by atoms with van der Waals surface area (Å²) in [5, 5.41) is 0. The van der Waals surface area contributed by atoms with Crippen LogP contribution in [0.2, 0.25) is 0 Å². The summed E-state index contributed by atoms with van der Waals surface area (Å²) in [5.74, 6) is 4.46. The second-order valence-electron chi connectivity index (χ2n) is 3.64. The van der Waals surface area contributed by atoms with E-state index in [9.17, 15) is 0 Å². The fourth-order valence-electron chi connectivity index (χ4n) is 1.91. The van der Waals surface area contributed by atoms with Gasteiger partial charge in [-0.2, -0.15) is 0 Å². The second-order valence-corrected chi connectivity index (χ2v) is 3.64. The number of nitrogens with zero attached hydrogens (tertiary/aromatic N) is 2. The smallest absolute Gasteiger partial charge is 0.144 e. The zero-order valence-electron chi connectivity index (χ0n) is 8.68. The highest BCUT2D eigenvalue weighted by Crippen LogP contribution is 2.27. The highest BCUT2D eigenvalue weighted by molar-refractivity contribution is 5.53. The lowest BCUT2D eigenvalue weighted by Gasteiger charge is -2.08. The molecule has 0 aliphatic carbocycles. The Labute approximate surface area is 93.7 Å². The molecule has 2 aromatic rings. The van der Waals surface area contributed by atoms with Crippen LogP contribution in [0, 0.1) is 12.3 Å². The Morgan fingerprint density at radius 2 is 2.38 bits per heavy atom. The Balaban J connectivity index is 2.22. The molecule has 3 heteroatoms. The molecule has 0 radical (unpaired) electrons. The van der Waals surface area contributed by atoms with E-state index in [2.05, 4.69) is 10.9 Å². The molecular weight excluding hydrogens is 200 g/mol. The number of hydrogen-bond donors (Lipinski definition) is 0. The van der Waals surface area contributed by atoms with Crippen LogP contribution in [0.25, 0.3) is 5.69 Å². The van der Waals surface area contributed by atoms with Gasteiger partial charge in [0.15, 0.2) is 0 Å². The van der Waals surface area contributed by atoms with E-state index >= 15 is 0 Å². The lowest BCUT2D eigenvalue weighted by Crippen LogP contribution is -2.00. The first-order valence-corrected chi connectivity index (χ1v) is 5.14. The number of benzene rings is 1. The Hall–Kier alpha value is -2.21. The molecule has 0 N–H and O–H groups in total. The molecule has 2 heterocycles. The maximum atomic E-state index is 5.68. The molecule has 0 fully saturated rings. The fraction of sp³-hybridized carbons (Fsp3) is 0.154. The van der Waals surface area contributed by atoms with Crippen LogP contribution in [0.1, 0.15) is 11.4 Å². The van der Waals surface area contributed by atoms with Crippen LogP contribution in [0.5, 0.6) is 5.75 Å². The van der Waals surface area contributed by atoms with Crippen LogP contribution in [0.15, 0.2) is 30.6 Å². The number of hydrogen-bond acceptors (Lipinski definition) is 2. The minimum Gasteiger partial charge on any atom is -0.491 e. The highest BCUT2D eigenvalue weighted by atomic mass is 16.5. The molecule has 1 aliphatic heterocycles. The van der Waals surface area contributed by atoms with Gasteiger partial charge in [0, 0.05) is 24.4 Å². The summed E-state index contributed by atoms with van der Waals surface area (Å²) in [6, 6.07) is 5.78. The van der Waals surface area contributed by atoms with Crippen LogP contribution < -0.4 is 4.74 Å². The Morgan fingerprint density at radius 1 is 1.44 bits per heavy atom. The average Bonchev–Trinajstić information content (AvgIpc) is 2.71. The van der Waals surface area contributed by atoms with E-state index in [1.807, 2.05) is 29.0 Å². The van der Waals surface area contributed by atoms with Gasteiger partial charge < -0.3 is 9.30 Å². The summed E-state index contributed by atoms with van der Waals surface area (Å²) in [6.45, 7) is 0.637. The van der Waals surface area contributed by atoms with Gasteiger partial charge in [-0.1, -0.05) is 5.92 Å². The van der Waals surface area contributed by atoms with Crippen molar-refractivity contribution in [1.82, 2.24) is 9.55 Å². The molecule has 78 valence electrons. The molecule has 0 saturated heterocycles. The maximum Gasteiger partial charge on any atom is 0.144 e. The minimum absolute atomic E-state index is 0.637. The third-order valence-corrected chi connectivity index (χ3v) is 2.69. The van der Waals surface area contributed by atoms with Gasteiger partial charge in [-0.15, -0.1) is 6.42 Å². The summed E-state index contributed by atoms with van der Waals surface area (Å²) >= 11 is 0. The van der Waals surface area contributed by atoms with E-state index in [1.54, 1.807) is 6.20 Å². The van der Waals surface area contributed by atoms with Crippen molar-refractivity contribution in [3.63, 3.8) is 0 Å². The molecule has 1 aromatic carbocycles. The SMILES string of the molecule is C#Cc1ccc2c(c1)OCCc1nccn1-2. The second kappa shape index (κ2) is 3.42. The lowest BCUT2D eigenvalue weighted by molar-refractivity contribution is 0.325. The van der Waals surface area contributed by atoms with Crippen molar-refractivity contribution in [3.8, 4) is 23.8 Å². The molecule has 3 nitrogen and oxygen atoms in total. The van der Waals surface area contributed by atoms with Gasteiger partial charge in [-0.05, 0) is 18.2 Å². The summed E-state index contributed by atoms with van der Waals surface area (Å²) < 4.78 is 7.72. The molecule has 0 bridgehead atoms.